The summed E-state index contributed by atoms with van der Waals surface area (Å²) in [6, 6.07) is 15.0. The Morgan fingerprint density at radius 3 is 2.64 bits per heavy atom. The maximum absolute atomic E-state index is 14.2. The minimum absolute atomic E-state index is 0.0117. The van der Waals surface area contributed by atoms with Crippen molar-refractivity contribution in [2.75, 3.05) is 19.8 Å². The Morgan fingerprint density at radius 2 is 1.79 bits per heavy atom. The van der Waals surface area contributed by atoms with E-state index in [1.807, 2.05) is 23.1 Å². The van der Waals surface area contributed by atoms with Gasteiger partial charge in [-0.2, -0.15) is 0 Å². The Bertz CT molecular complexity index is 960. The van der Waals surface area contributed by atoms with E-state index < -0.39 is 0 Å². The second kappa shape index (κ2) is 10.2. The summed E-state index contributed by atoms with van der Waals surface area (Å²) in [4.78, 5) is 15.2. The average Bonchev–Trinajstić information content (AvgIpc) is 2.87. The molecule has 3 aliphatic heterocycles. The smallest absolute Gasteiger partial charge is 0.260 e. The summed E-state index contributed by atoms with van der Waals surface area (Å²) in [6.07, 6.45) is 6.24. The highest BCUT2D eigenvalue weighted by Crippen LogP contribution is 2.38. The lowest BCUT2D eigenvalue weighted by atomic mass is 9.82. The number of carbonyl (C=O) groups is 1. The van der Waals surface area contributed by atoms with Gasteiger partial charge in [0, 0.05) is 24.7 Å². The quantitative estimate of drug-likeness (QED) is 0.750. The molecule has 176 valence electrons. The van der Waals surface area contributed by atoms with E-state index in [4.69, 9.17) is 9.47 Å². The van der Waals surface area contributed by atoms with Gasteiger partial charge in [-0.05, 0) is 62.1 Å². The Labute approximate surface area is 195 Å². The Kier molecular flexibility index (Phi) is 6.93. The van der Waals surface area contributed by atoms with E-state index in [1.165, 1.54) is 11.6 Å². The van der Waals surface area contributed by atoms with Crippen molar-refractivity contribution < 1.29 is 18.7 Å². The number of hydrogen-bond acceptors (Lipinski definition) is 4. The number of piperidine rings is 1. The first-order valence-electron chi connectivity index (χ1n) is 12.3. The summed E-state index contributed by atoms with van der Waals surface area (Å²) < 4.78 is 26.7. The fourth-order valence-corrected chi connectivity index (χ4v) is 5.64. The molecule has 5 nitrogen and oxygen atoms in total. The van der Waals surface area contributed by atoms with E-state index in [0.29, 0.717) is 31.2 Å². The molecule has 2 aromatic carbocycles. The zero-order valence-electron chi connectivity index (χ0n) is 19.0. The van der Waals surface area contributed by atoms with Crippen molar-refractivity contribution in [1.29, 1.82) is 0 Å². The molecule has 0 unspecified atom stereocenters. The number of hydrogen-bond donors (Lipinski definition) is 1. The van der Waals surface area contributed by atoms with E-state index >= 15 is 0 Å². The topological polar surface area (TPSA) is 50.8 Å². The third kappa shape index (κ3) is 5.07. The highest BCUT2D eigenvalue weighted by Gasteiger charge is 2.36. The number of amides is 1. The fraction of sp³-hybridized carbons (Fsp3) is 0.519. The maximum atomic E-state index is 14.2. The molecule has 2 atom stereocenters. The summed E-state index contributed by atoms with van der Waals surface area (Å²) in [5.41, 5.74) is 1.85. The molecule has 6 heteroatoms. The van der Waals surface area contributed by atoms with Crippen molar-refractivity contribution in [2.45, 2.75) is 69.2 Å². The van der Waals surface area contributed by atoms with Crippen molar-refractivity contribution in [2.24, 2.45) is 0 Å². The van der Waals surface area contributed by atoms with Gasteiger partial charge < -0.3 is 19.7 Å². The fourth-order valence-electron chi connectivity index (χ4n) is 5.64. The van der Waals surface area contributed by atoms with E-state index in [2.05, 4.69) is 17.4 Å². The number of ether oxygens (including phenoxy) is 2. The highest BCUT2D eigenvalue weighted by atomic mass is 19.1. The van der Waals surface area contributed by atoms with Crippen LogP contribution in [0.2, 0.25) is 0 Å². The van der Waals surface area contributed by atoms with Crippen LogP contribution < -0.4 is 10.1 Å². The Hall–Kier alpha value is -2.44. The van der Waals surface area contributed by atoms with Crippen LogP contribution in [0.1, 0.15) is 55.6 Å². The summed E-state index contributed by atoms with van der Waals surface area (Å²) in [5, 5.41) is 3.53. The first kappa shape index (κ1) is 22.4. The molecule has 1 saturated carbocycles. The van der Waals surface area contributed by atoms with Gasteiger partial charge in [0.2, 0.25) is 0 Å². The normalized spacial score (nSPS) is 28.0. The van der Waals surface area contributed by atoms with Crippen molar-refractivity contribution in [3.63, 3.8) is 0 Å². The SMILES string of the molecule is O=C1COc2ccccc2C2CCC(CC2)OC[C@H]2[C@@H](NCc3ccccc3F)CCCN12. The number of benzene rings is 2. The predicted octanol–water partition coefficient (Wildman–Crippen LogP) is 4.41. The second-order valence-corrected chi connectivity index (χ2v) is 9.51. The van der Waals surface area contributed by atoms with Crippen LogP contribution in [-0.2, 0) is 16.1 Å². The lowest BCUT2D eigenvalue weighted by Gasteiger charge is -2.42. The number of rotatable bonds is 3. The summed E-state index contributed by atoms with van der Waals surface area (Å²) in [7, 11) is 0. The molecule has 6 rings (SSSR count). The first-order chi connectivity index (χ1) is 16.2. The number of fused-ring (bicyclic) bond motifs is 5. The number of nitrogens with zero attached hydrogens (tertiary/aromatic N) is 1. The molecule has 3 heterocycles. The standard InChI is InChI=1S/C27H33FN2O3/c28-23-8-3-1-6-20(23)16-29-24-9-5-15-30-25(24)17-32-21-13-11-19(12-14-21)22-7-2-4-10-26(22)33-18-27(30)31/h1-4,6-8,10,19,21,24-25,29H,5,9,11-18H2/t19?,21?,24-,25-/m0/s1. The predicted molar refractivity (Wildman–Crippen MR) is 125 cm³/mol. The molecule has 0 aromatic heterocycles. The van der Waals surface area contributed by atoms with Crippen LogP contribution in [0.3, 0.4) is 0 Å². The lowest BCUT2D eigenvalue weighted by Crippen LogP contribution is -2.58. The minimum Gasteiger partial charge on any atom is -0.483 e. The van der Waals surface area contributed by atoms with Gasteiger partial charge in [-0.25, -0.2) is 4.39 Å². The molecular formula is C27H33FN2O3. The second-order valence-electron chi connectivity index (χ2n) is 9.51. The summed E-state index contributed by atoms with van der Waals surface area (Å²) >= 11 is 0. The van der Waals surface area contributed by atoms with Gasteiger partial charge >= 0.3 is 0 Å². The largest absolute Gasteiger partial charge is 0.483 e. The number of para-hydroxylation sites is 1. The third-order valence-electron chi connectivity index (χ3n) is 7.50. The van der Waals surface area contributed by atoms with Crippen LogP contribution in [0.15, 0.2) is 48.5 Å². The van der Waals surface area contributed by atoms with Crippen LogP contribution in [0.4, 0.5) is 4.39 Å². The molecule has 2 fully saturated rings. The monoisotopic (exact) mass is 452 g/mol. The van der Waals surface area contributed by atoms with Gasteiger partial charge in [-0.15, -0.1) is 0 Å². The molecule has 2 aromatic rings. The zero-order valence-corrected chi connectivity index (χ0v) is 19.0. The van der Waals surface area contributed by atoms with Gasteiger partial charge in [-0.3, -0.25) is 4.79 Å². The van der Waals surface area contributed by atoms with Crippen LogP contribution in [0.5, 0.6) is 5.75 Å². The first-order valence-corrected chi connectivity index (χ1v) is 12.3. The van der Waals surface area contributed by atoms with E-state index in [1.54, 1.807) is 12.1 Å². The molecule has 0 spiro atoms. The zero-order chi connectivity index (χ0) is 22.6. The summed E-state index contributed by atoms with van der Waals surface area (Å²) in [6.45, 7) is 1.67. The molecule has 33 heavy (non-hydrogen) atoms. The van der Waals surface area contributed by atoms with E-state index in [-0.39, 0.29) is 36.5 Å². The lowest BCUT2D eigenvalue weighted by molar-refractivity contribution is -0.140. The maximum Gasteiger partial charge on any atom is 0.260 e. The van der Waals surface area contributed by atoms with Crippen molar-refractivity contribution >= 4 is 5.91 Å². The Morgan fingerprint density at radius 1 is 1.00 bits per heavy atom. The van der Waals surface area contributed by atoms with Gasteiger partial charge in [0.05, 0.1) is 18.8 Å². The number of carbonyl (C=O) groups excluding carboxylic acids is 1. The van der Waals surface area contributed by atoms with Crippen LogP contribution >= 0.6 is 0 Å². The van der Waals surface area contributed by atoms with Crippen molar-refractivity contribution in [3.8, 4) is 5.75 Å². The van der Waals surface area contributed by atoms with Gasteiger partial charge in [0.25, 0.3) is 5.91 Å². The molecule has 1 aliphatic carbocycles. The molecule has 2 bridgehead atoms. The average molecular weight is 453 g/mol. The van der Waals surface area contributed by atoms with E-state index in [0.717, 1.165) is 44.3 Å². The van der Waals surface area contributed by atoms with Crippen molar-refractivity contribution in [1.82, 2.24) is 10.2 Å². The van der Waals surface area contributed by atoms with Crippen molar-refractivity contribution in [3.05, 3.63) is 65.5 Å². The molecule has 4 aliphatic rings. The molecule has 1 saturated heterocycles. The van der Waals surface area contributed by atoms with Crippen LogP contribution in [0.25, 0.3) is 0 Å². The number of nitrogens with one attached hydrogen (secondary N) is 1. The van der Waals surface area contributed by atoms with Gasteiger partial charge in [0.15, 0.2) is 6.61 Å². The third-order valence-corrected chi connectivity index (χ3v) is 7.50. The molecule has 0 radical (unpaired) electrons. The number of halogens is 1. The van der Waals surface area contributed by atoms with Crippen LogP contribution in [0, 0.1) is 5.82 Å². The minimum atomic E-state index is -0.205. The highest BCUT2D eigenvalue weighted by molar-refractivity contribution is 5.78. The molecule has 1 amide bonds. The van der Waals surface area contributed by atoms with Gasteiger partial charge in [-0.1, -0.05) is 36.4 Å². The van der Waals surface area contributed by atoms with E-state index in [9.17, 15) is 9.18 Å². The summed E-state index contributed by atoms with van der Waals surface area (Å²) in [5.74, 6) is 1.07. The molecule has 1 N–H and O–H groups in total. The Balaban J connectivity index is 1.35. The molecular weight excluding hydrogens is 419 g/mol. The van der Waals surface area contributed by atoms with Crippen LogP contribution in [-0.4, -0.2) is 48.8 Å². The van der Waals surface area contributed by atoms with Gasteiger partial charge in [0.1, 0.15) is 11.6 Å².